The molecule has 0 amide bonds. The van der Waals surface area contributed by atoms with Crippen LogP contribution in [0.15, 0.2) is 17.1 Å². The summed E-state index contributed by atoms with van der Waals surface area (Å²) in [5, 5.41) is 1.74. The second-order valence-corrected chi connectivity index (χ2v) is 6.19. The lowest BCUT2D eigenvalue weighted by molar-refractivity contribution is 0.311. The van der Waals surface area contributed by atoms with Crippen molar-refractivity contribution in [3.05, 3.63) is 39.1 Å². The van der Waals surface area contributed by atoms with Crippen molar-refractivity contribution in [3.8, 4) is 0 Å². The summed E-state index contributed by atoms with van der Waals surface area (Å²) in [6, 6.07) is 1.87. The third-order valence-electron chi connectivity index (χ3n) is 4.35. The van der Waals surface area contributed by atoms with Gasteiger partial charge in [-0.1, -0.05) is 0 Å². The van der Waals surface area contributed by atoms with Gasteiger partial charge in [0.15, 0.2) is 0 Å². The molecule has 7 nitrogen and oxygen atoms in total. The fourth-order valence-corrected chi connectivity index (χ4v) is 2.85. The topological polar surface area (TPSA) is 80.9 Å². The zero-order chi connectivity index (χ0) is 15.8. The maximum atomic E-state index is 11.6. The Kier molecular flexibility index (Phi) is 3.49. The molecule has 4 rings (SSSR count). The molecular formula is C16H20N6O. The van der Waals surface area contributed by atoms with Crippen LogP contribution >= 0.6 is 0 Å². The molecule has 0 atom stereocenters. The highest BCUT2D eigenvalue weighted by Crippen LogP contribution is 2.26. The van der Waals surface area contributed by atoms with Crippen LogP contribution in [-0.4, -0.2) is 58.1 Å². The van der Waals surface area contributed by atoms with Crippen molar-refractivity contribution in [2.24, 2.45) is 0 Å². The van der Waals surface area contributed by atoms with E-state index in [0.29, 0.717) is 0 Å². The summed E-state index contributed by atoms with van der Waals surface area (Å²) in [6.07, 6.45) is 5.82. The number of nitrogens with one attached hydrogen (secondary N) is 2. The van der Waals surface area contributed by atoms with Crippen LogP contribution in [0, 0.1) is 0 Å². The standard InChI is InChI=1S/C16H20N6O/c1-21-6-8-22(9-7-21)15-17-5-4-12(18-15)10-13-14(11-2-3-11)20-16(23)19-13/h4-5,10H,2-3,6-9H2,1H3,(H2,19,20,23)/b13-10-. The molecule has 2 aromatic heterocycles. The van der Waals surface area contributed by atoms with Gasteiger partial charge in [-0.2, -0.15) is 0 Å². The highest BCUT2D eigenvalue weighted by molar-refractivity contribution is 5.58. The number of imidazole rings is 1. The van der Waals surface area contributed by atoms with Crippen molar-refractivity contribution in [3.63, 3.8) is 0 Å². The van der Waals surface area contributed by atoms with Crippen LogP contribution < -0.4 is 21.3 Å². The minimum Gasteiger partial charge on any atom is -0.338 e. The Morgan fingerprint density at radius 1 is 1.17 bits per heavy atom. The van der Waals surface area contributed by atoms with E-state index >= 15 is 0 Å². The first-order chi connectivity index (χ1) is 11.2. The minimum atomic E-state index is -0.168. The first-order valence-corrected chi connectivity index (χ1v) is 7.98. The lowest BCUT2D eigenvalue weighted by atomic mass is 10.3. The van der Waals surface area contributed by atoms with Crippen molar-refractivity contribution in [2.45, 2.75) is 12.8 Å². The highest BCUT2D eigenvalue weighted by atomic mass is 16.1. The Balaban J connectivity index is 1.69. The van der Waals surface area contributed by atoms with Crippen molar-refractivity contribution in [1.29, 1.82) is 0 Å². The molecule has 1 aliphatic carbocycles. The molecule has 1 saturated heterocycles. The minimum absolute atomic E-state index is 0.168. The largest absolute Gasteiger partial charge is 0.338 e. The summed E-state index contributed by atoms with van der Waals surface area (Å²) in [5.41, 5.74) is 1.94. The molecule has 0 bridgehead atoms. The second-order valence-electron chi connectivity index (χ2n) is 6.19. The molecule has 0 radical (unpaired) electrons. The van der Waals surface area contributed by atoms with Gasteiger partial charge in [0.25, 0.3) is 0 Å². The van der Waals surface area contributed by atoms with Gasteiger partial charge >= 0.3 is 5.69 Å². The maximum absolute atomic E-state index is 11.6. The zero-order valence-electron chi connectivity index (χ0n) is 13.2. The molecule has 2 N–H and O–H groups in total. The predicted molar refractivity (Wildman–Crippen MR) is 88.6 cm³/mol. The molecule has 2 aromatic rings. The molecule has 23 heavy (non-hydrogen) atoms. The van der Waals surface area contributed by atoms with E-state index in [0.717, 1.165) is 61.4 Å². The second kappa shape index (κ2) is 5.66. The summed E-state index contributed by atoms with van der Waals surface area (Å²) in [5.74, 6) is 0.755. The number of anilines is 1. The zero-order valence-corrected chi connectivity index (χ0v) is 13.2. The summed E-state index contributed by atoms with van der Waals surface area (Å²) in [4.78, 5) is 30.9. The average molecular weight is 312 g/mol. The smallest absolute Gasteiger partial charge is 0.323 e. The Labute approximate surface area is 133 Å². The van der Waals surface area contributed by atoms with E-state index in [9.17, 15) is 4.79 Å². The van der Waals surface area contributed by atoms with Crippen LogP contribution in [0.1, 0.15) is 18.5 Å². The fraction of sp³-hybridized carbons (Fsp3) is 0.438. The van der Waals surface area contributed by atoms with E-state index in [1.54, 1.807) is 6.20 Å². The van der Waals surface area contributed by atoms with Crippen LogP contribution in [0.25, 0.3) is 11.6 Å². The van der Waals surface area contributed by atoms with E-state index in [-0.39, 0.29) is 5.69 Å². The maximum Gasteiger partial charge on any atom is 0.323 e. The van der Waals surface area contributed by atoms with E-state index in [1.165, 1.54) is 5.57 Å². The van der Waals surface area contributed by atoms with E-state index in [1.807, 2.05) is 12.1 Å². The summed E-state index contributed by atoms with van der Waals surface area (Å²) in [6.45, 7) is 3.91. The molecular weight excluding hydrogens is 292 g/mol. The molecule has 2 aliphatic rings. The average Bonchev–Trinajstić information content (AvgIpc) is 3.32. The number of hydrogen-bond donors (Lipinski definition) is 2. The van der Waals surface area contributed by atoms with Crippen LogP contribution in [0.4, 0.5) is 5.95 Å². The number of hydrogen-bond acceptors (Lipinski definition) is 5. The number of nitrogens with zero attached hydrogens (tertiary/aromatic N) is 4. The van der Waals surface area contributed by atoms with Crippen LogP contribution in [-0.2, 0) is 0 Å². The van der Waals surface area contributed by atoms with Crippen molar-refractivity contribution < 1.29 is 0 Å². The van der Waals surface area contributed by atoms with Crippen LogP contribution in [0.3, 0.4) is 0 Å². The Hall–Kier alpha value is -2.41. The van der Waals surface area contributed by atoms with E-state index < -0.39 is 0 Å². The first kappa shape index (κ1) is 14.2. The number of piperazine rings is 1. The van der Waals surface area contributed by atoms with Gasteiger partial charge in [0.2, 0.25) is 5.95 Å². The summed E-state index contributed by atoms with van der Waals surface area (Å²) in [7, 11) is 2.13. The Morgan fingerprint density at radius 3 is 2.70 bits per heavy atom. The number of aromatic nitrogens is 4. The molecule has 3 heterocycles. The van der Waals surface area contributed by atoms with Gasteiger partial charge in [-0.25, -0.2) is 14.8 Å². The Bertz CT molecular complexity index is 882. The number of aromatic amines is 2. The molecule has 0 unspecified atom stereocenters. The van der Waals surface area contributed by atoms with Crippen LogP contribution in [0.2, 0.25) is 0 Å². The predicted octanol–water partition coefficient (Wildman–Crippen LogP) is -0.982. The molecule has 1 saturated carbocycles. The first-order valence-electron chi connectivity index (χ1n) is 7.98. The van der Waals surface area contributed by atoms with Crippen molar-refractivity contribution in [2.75, 3.05) is 38.1 Å². The number of likely N-dealkylation sites (N-methyl/N-ethyl adjacent to an activating group) is 1. The third-order valence-corrected chi connectivity index (χ3v) is 4.35. The van der Waals surface area contributed by atoms with E-state index in [4.69, 9.17) is 0 Å². The Morgan fingerprint density at radius 2 is 1.96 bits per heavy atom. The lowest BCUT2D eigenvalue weighted by Gasteiger charge is -2.32. The van der Waals surface area contributed by atoms with Crippen molar-refractivity contribution in [1.82, 2.24) is 24.8 Å². The number of H-pyrrole nitrogens is 2. The summed E-state index contributed by atoms with van der Waals surface area (Å²) >= 11 is 0. The molecule has 0 aromatic carbocycles. The van der Waals surface area contributed by atoms with Gasteiger partial charge < -0.3 is 19.8 Å². The van der Waals surface area contributed by atoms with Gasteiger partial charge in [-0.3, -0.25) is 0 Å². The van der Waals surface area contributed by atoms with Gasteiger partial charge in [0.1, 0.15) is 0 Å². The molecule has 7 heteroatoms. The highest BCUT2D eigenvalue weighted by Gasteiger charge is 2.17. The van der Waals surface area contributed by atoms with Crippen molar-refractivity contribution >= 4 is 17.6 Å². The van der Waals surface area contributed by atoms with E-state index in [2.05, 4.69) is 36.8 Å². The quantitative estimate of drug-likeness (QED) is 0.745. The van der Waals surface area contributed by atoms with Gasteiger partial charge in [0, 0.05) is 32.4 Å². The lowest BCUT2D eigenvalue weighted by Crippen LogP contribution is -2.45. The molecule has 1 aliphatic heterocycles. The monoisotopic (exact) mass is 312 g/mol. The summed E-state index contributed by atoms with van der Waals surface area (Å²) < 4.78 is 0. The SMILES string of the molecule is CN1CCN(c2nccc(/C=c3\[nH]c(=O)[nH]c3=C3CC3)n2)CC1. The van der Waals surface area contributed by atoms with Gasteiger partial charge in [-0.05, 0) is 37.6 Å². The van der Waals surface area contributed by atoms with Gasteiger partial charge in [-0.15, -0.1) is 0 Å². The molecule has 0 spiro atoms. The number of rotatable bonds is 2. The fourth-order valence-electron chi connectivity index (χ4n) is 2.85. The molecule has 120 valence electrons. The molecule has 2 fully saturated rings. The van der Waals surface area contributed by atoms with Gasteiger partial charge in [0.05, 0.1) is 16.4 Å². The normalized spacial score (nSPS) is 19.4. The third kappa shape index (κ3) is 3.05. The van der Waals surface area contributed by atoms with Crippen LogP contribution in [0.5, 0.6) is 0 Å².